The van der Waals surface area contributed by atoms with Gasteiger partial charge in [-0.25, -0.2) is 9.37 Å². The lowest BCUT2D eigenvalue weighted by atomic mass is 10.1. The number of aromatic nitrogens is 2. The van der Waals surface area contributed by atoms with Crippen molar-refractivity contribution in [3.05, 3.63) is 65.5 Å². The standard InChI is InChI=1S/C22H23FN4O3/c1-13-7-8-17(16(23)10-13)26-20-18(15-6-5-9-24-19(15)27(20)4)21(28)25-11-14-12-29-22(2,3)30-14/h5-10,12,26H,11H2,1-4H3,(H,25,28). The molecule has 156 valence electrons. The zero-order chi connectivity index (χ0) is 21.5. The van der Waals surface area contributed by atoms with Gasteiger partial charge in [0.15, 0.2) is 5.76 Å². The van der Waals surface area contributed by atoms with Crippen LogP contribution in [0.4, 0.5) is 15.9 Å². The Morgan fingerprint density at radius 2 is 2.10 bits per heavy atom. The smallest absolute Gasteiger partial charge is 0.256 e. The molecule has 2 aromatic heterocycles. The third-order valence-electron chi connectivity index (χ3n) is 4.82. The summed E-state index contributed by atoms with van der Waals surface area (Å²) in [5.41, 5.74) is 2.07. The Morgan fingerprint density at radius 1 is 1.30 bits per heavy atom. The molecule has 1 aromatic carbocycles. The van der Waals surface area contributed by atoms with E-state index < -0.39 is 11.6 Å². The molecule has 2 N–H and O–H groups in total. The minimum atomic E-state index is -0.751. The summed E-state index contributed by atoms with van der Waals surface area (Å²) in [6.45, 7) is 5.55. The molecule has 7 nitrogen and oxygen atoms in total. The normalized spacial score (nSPS) is 14.8. The van der Waals surface area contributed by atoms with Crippen molar-refractivity contribution in [1.29, 1.82) is 0 Å². The SMILES string of the molecule is Cc1ccc(Nc2c(C(=O)NCC3=COC(C)(C)O3)c3cccnc3n2C)c(F)c1. The summed E-state index contributed by atoms with van der Waals surface area (Å²) in [4.78, 5) is 17.5. The lowest BCUT2D eigenvalue weighted by molar-refractivity contribution is -0.116. The number of pyridine rings is 1. The summed E-state index contributed by atoms with van der Waals surface area (Å²) < 4.78 is 27.2. The summed E-state index contributed by atoms with van der Waals surface area (Å²) in [6.07, 6.45) is 3.14. The first kappa shape index (κ1) is 19.8. The van der Waals surface area contributed by atoms with Crippen molar-refractivity contribution < 1.29 is 18.7 Å². The number of halogens is 1. The van der Waals surface area contributed by atoms with Crippen molar-refractivity contribution in [2.24, 2.45) is 7.05 Å². The first-order valence-corrected chi connectivity index (χ1v) is 9.56. The lowest BCUT2D eigenvalue weighted by Crippen LogP contribution is -2.28. The van der Waals surface area contributed by atoms with Gasteiger partial charge in [0, 0.05) is 32.5 Å². The quantitative estimate of drug-likeness (QED) is 0.662. The Labute approximate surface area is 173 Å². The average Bonchev–Trinajstić information content (AvgIpc) is 3.19. The van der Waals surface area contributed by atoms with Crippen LogP contribution in [-0.4, -0.2) is 27.8 Å². The highest BCUT2D eigenvalue weighted by molar-refractivity contribution is 6.11. The molecule has 4 rings (SSSR count). The van der Waals surface area contributed by atoms with Gasteiger partial charge in [0.1, 0.15) is 23.5 Å². The number of fused-ring (bicyclic) bond motifs is 1. The van der Waals surface area contributed by atoms with Crippen LogP contribution in [0.3, 0.4) is 0 Å². The summed E-state index contributed by atoms with van der Waals surface area (Å²) in [6, 6.07) is 8.46. The highest BCUT2D eigenvalue weighted by Gasteiger charge is 2.28. The summed E-state index contributed by atoms with van der Waals surface area (Å²) >= 11 is 0. The molecule has 30 heavy (non-hydrogen) atoms. The van der Waals surface area contributed by atoms with Gasteiger partial charge >= 0.3 is 0 Å². The molecule has 0 saturated heterocycles. The number of aryl methyl sites for hydroxylation is 2. The van der Waals surface area contributed by atoms with Crippen molar-refractivity contribution in [3.8, 4) is 0 Å². The number of anilines is 2. The van der Waals surface area contributed by atoms with Gasteiger partial charge in [0.2, 0.25) is 5.79 Å². The van der Waals surface area contributed by atoms with E-state index in [9.17, 15) is 9.18 Å². The van der Waals surface area contributed by atoms with Gasteiger partial charge in [0.05, 0.1) is 17.8 Å². The maximum Gasteiger partial charge on any atom is 0.256 e. The molecule has 0 atom stereocenters. The molecule has 0 fully saturated rings. The fraction of sp³-hybridized carbons (Fsp3) is 0.273. The van der Waals surface area contributed by atoms with Crippen LogP contribution in [0.1, 0.15) is 29.8 Å². The average molecular weight is 410 g/mol. The van der Waals surface area contributed by atoms with Crippen LogP contribution in [0.25, 0.3) is 11.0 Å². The second kappa shape index (κ2) is 7.37. The van der Waals surface area contributed by atoms with Crippen molar-refractivity contribution in [2.45, 2.75) is 26.6 Å². The summed E-state index contributed by atoms with van der Waals surface area (Å²) in [5.74, 6) is -0.520. The molecular weight excluding hydrogens is 387 g/mol. The lowest BCUT2D eigenvalue weighted by Gasteiger charge is -2.18. The van der Waals surface area contributed by atoms with Crippen LogP contribution in [-0.2, 0) is 16.5 Å². The van der Waals surface area contributed by atoms with Gasteiger partial charge in [0.25, 0.3) is 5.91 Å². The number of amides is 1. The molecule has 1 aliphatic rings. The predicted octanol–water partition coefficient (Wildman–Crippen LogP) is 4.12. The van der Waals surface area contributed by atoms with Gasteiger partial charge in [-0.2, -0.15) is 0 Å². The Hall–Kier alpha value is -3.55. The first-order valence-electron chi connectivity index (χ1n) is 9.56. The van der Waals surface area contributed by atoms with Crippen molar-refractivity contribution in [3.63, 3.8) is 0 Å². The molecule has 3 heterocycles. The zero-order valence-corrected chi connectivity index (χ0v) is 17.2. The van der Waals surface area contributed by atoms with Crippen LogP contribution in [0, 0.1) is 12.7 Å². The van der Waals surface area contributed by atoms with E-state index in [0.717, 1.165) is 5.56 Å². The Bertz CT molecular complexity index is 1170. The maximum atomic E-state index is 14.5. The third-order valence-corrected chi connectivity index (χ3v) is 4.82. The molecular formula is C22H23FN4O3. The minimum absolute atomic E-state index is 0.164. The van der Waals surface area contributed by atoms with Crippen molar-refractivity contribution in [2.75, 3.05) is 11.9 Å². The van der Waals surface area contributed by atoms with Crippen LogP contribution >= 0.6 is 0 Å². The predicted molar refractivity (Wildman–Crippen MR) is 112 cm³/mol. The monoisotopic (exact) mass is 410 g/mol. The van der Waals surface area contributed by atoms with E-state index >= 15 is 0 Å². The van der Waals surface area contributed by atoms with Gasteiger partial charge in [-0.1, -0.05) is 6.07 Å². The van der Waals surface area contributed by atoms with E-state index in [1.807, 2.05) is 13.0 Å². The van der Waals surface area contributed by atoms with Crippen LogP contribution < -0.4 is 10.6 Å². The number of hydrogen-bond donors (Lipinski definition) is 2. The largest absolute Gasteiger partial charge is 0.457 e. The Kier molecular flexibility index (Phi) is 4.85. The number of carbonyl (C=O) groups is 1. The van der Waals surface area contributed by atoms with Gasteiger partial charge < -0.3 is 24.7 Å². The zero-order valence-electron chi connectivity index (χ0n) is 17.2. The molecule has 3 aromatic rings. The van der Waals surface area contributed by atoms with E-state index in [1.165, 1.54) is 12.3 Å². The number of nitrogens with one attached hydrogen (secondary N) is 2. The molecule has 0 spiro atoms. The highest BCUT2D eigenvalue weighted by Crippen LogP contribution is 2.31. The van der Waals surface area contributed by atoms with E-state index in [-0.39, 0.29) is 18.1 Å². The molecule has 1 aliphatic heterocycles. The van der Waals surface area contributed by atoms with Gasteiger partial charge in [-0.3, -0.25) is 4.79 Å². The van der Waals surface area contributed by atoms with Crippen molar-refractivity contribution in [1.82, 2.24) is 14.9 Å². The van der Waals surface area contributed by atoms with Gasteiger partial charge in [-0.05, 0) is 36.8 Å². The number of carbonyl (C=O) groups excluding carboxylic acids is 1. The van der Waals surface area contributed by atoms with E-state index in [2.05, 4.69) is 15.6 Å². The Balaban J connectivity index is 1.67. The number of benzene rings is 1. The number of ether oxygens (including phenoxy) is 2. The number of rotatable bonds is 5. The van der Waals surface area contributed by atoms with Crippen LogP contribution in [0.2, 0.25) is 0 Å². The highest BCUT2D eigenvalue weighted by atomic mass is 19.1. The second-order valence-corrected chi connectivity index (χ2v) is 7.65. The molecule has 0 unspecified atom stereocenters. The van der Waals surface area contributed by atoms with E-state index in [0.29, 0.717) is 28.2 Å². The Morgan fingerprint density at radius 3 is 2.80 bits per heavy atom. The fourth-order valence-electron chi connectivity index (χ4n) is 3.39. The van der Waals surface area contributed by atoms with Gasteiger partial charge in [-0.15, -0.1) is 0 Å². The van der Waals surface area contributed by atoms with Crippen LogP contribution in [0.15, 0.2) is 48.5 Å². The molecule has 8 heteroatoms. The summed E-state index contributed by atoms with van der Waals surface area (Å²) in [7, 11) is 1.78. The second-order valence-electron chi connectivity index (χ2n) is 7.65. The third kappa shape index (κ3) is 3.68. The van der Waals surface area contributed by atoms with E-state index in [1.54, 1.807) is 49.9 Å². The van der Waals surface area contributed by atoms with E-state index in [4.69, 9.17) is 9.47 Å². The van der Waals surface area contributed by atoms with Crippen molar-refractivity contribution >= 4 is 28.4 Å². The minimum Gasteiger partial charge on any atom is -0.457 e. The fourth-order valence-corrected chi connectivity index (χ4v) is 3.39. The number of hydrogen-bond acceptors (Lipinski definition) is 5. The first-order chi connectivity index (χ1) is 14.2. The molecule has 0 saturated carbocycles. The number of nitrogens with zero attached hydrogens (tertiary/aromatic N) is 2. The maximum absolute atomic E-state index is 14.5. The molecule has 0 aliphatic carbocycles. The molecule has 0 bridgehead atoms. The topological polar surface area (TPSA) is 77.4 Å². The van der Waals surface area contributed by atoms with Crippen LogP contribution in [0.5, 0.6) is 0 Å². The molecule has 0 radical (unpaired) electrons. The molecule has 1 amide bonds. The summed E-state index contributed by atoms with van der Waals surface area (Å²) in [5, 5.41) is 6.57.